The van der Waals surface area contributed by atoms with Crippen LogP contribution in [0.15, 0.2) is 29.1 Å². The third-order valence-electron chi connectivity index (χ3n) is 3.35. The number of nitrogens with one attached hydrogen (secondary N) is 1. The number of para-hydroxylation sites is 2. The number of rotatable bonds is 3. The number of carbonyl (C=O) groups is 1. The van der Waals surface area contributed by atoms with Crippen molar-refractivity contribution in [2.24, 2.45) is 7.05 Å². The molecule has 0 aliphatic rings. The van der Waals surface area contributed by atoms with Crippen LogP contribution in [0.3, 0.4) is 0 Å². The number of aromatic nitrogens is 4. The number of hydrogen-bond acceptors (Lipinski definition) is 3. The van der Waals surface area contributed by atoms with Crippen LogP contribution in [0, 0.1) is 0 Å². The Kier molecular flexibility index (Phi) is 3.04. The van der Waals surface area contributed by atoms with Gasteiger partial charge in [0.15, 0.2) is 0 Å². The highest BCUT2D eigenvalue weighted by Gasteiger charge is 2.17. The van der Waals surface area contributed by atoms with E-state index in [1.807, 2.05) is 49.7 Å². The van der Waals surface area contributed by atoms with E-state index in [4.69, 9.17) is 0 Å². The fourth-order valence-corrected chi connectivity index (χ4v) is 2.48. The molecule has 2 aromatic heterocycles. The van der Waals surface area contributed by atoms with Gasteiger partial charge < -0.3 is 9.88 Å². The minimum atomic E-state index is -0.305. The average Bonchev–Trinajstić information content (AvgIpc) is 2.88. The van der Waals surface area contributed by atoms with Crippen LogP contribution in [0.5, 0.6) is 0 Å². The van der Waals surface area contributed by atoms with Gasteiger partial charge in [-0.1, -0.05) is 12.1 Å². The fourth-order valence-electron chi connectivity index (χ4n) is 2.48. The summed E-state index contributed by atoms with van der Waals surface area (Å²) in [6, 6.07) is 7.61. The van der Waals surface area contributed by atoms with Crippen molar-refractivity contribution in [3.63, 3.8) is 0 Å². The minimum absolute atomic E-state index is 0.0334. The third kappa shape index (κ3) is 2.10. The number of nitrogens with zero attached hydrogens (tertiary/aromatic N) is 4. The van der Waals surface area contributed by atoms with Gasteiger partial charge in [0.1, 0.15) is 6.54 Å². The highest BCUT2D eigenvalue weighted by molar-refractivity contribution is 5.80. The summed E-state index contributed by atoms with van der Waals surface area (Å²) in [6.45, 7) is 3.67. The third-order valence-corrected chi connectivity index (χ3v) is 3.35. The summed E-state index contributed by atoms with van der Waals surface area (Å²) in [6.07, 6.45) is 0. The van der Waals surface area contributed by atoms with Gasteiger partial charge in [0, 0.05) is 13.1 Å². The Labute approximate surface area is 120 Å². The maximum absolute atomic E-state index is 12.4. The molecule has 0 aliphatic carbocycles. The quantitative estimate of drug-likeness (QED) is 0.763. The predicted molar refractivity (Wildman–Crippen MR) is 79.2 cm³/mol. The fraction of sp³-hybridized carbons (Fsp3) is 0.357. The lowest BCUT2D eigenvalue weighted by Crippen LogP contribution is -2.36. The van der Waals surface area contributed by atoms with Gasteiger partial charge in [0.05, 0.1) is 11.0 Å². The van der Waals surface area contributed by atoms with Crippen molar-refractivity contribution in [1.82, 2.24) is 24.1 Å². The number of hydrogen-bond donors (Lipinski definition) is 1. The number of benzene rings is 1. The maximum atomic E-state index is 12.4. The molecule has 7 nitrogen and oxygen atoms in total. The Balaban J connectivity index is 2.11. The molecule has 0 saturated heterocycles. The van der Waals surface area contributed by atoms with Crippen LogP contribution in [0.1, 0.15) is 13.8 Å². The zero-order chi connectivity index (χ0) is 15.1. The first kappa shape index (κ1) is 13.4. The van der Waals surface area contributed by atoms with E-state index in [9.17, 15) is 9.59 Å². The molecular formula is C14H17N5O2. The summed E-state index contributed by atoms with van der Waals surface area (Å²) < 4.78 is 4.56. The molecule has 1 aromatic carbocycles. The molecule has 0 spiro atoms. The van der Waals surface area contributed by atoms with E-state index >= 15 is 0 Å². The second-order valence-corrected chi connectivity index (χ2v) is 5.35. The summed E-state index contributed by atoms with van der Waals surface area (Å²) in [5, 5.41) is 7.02. The van der Waals surface area contributed by atoms with Crippen LogP contribution >= 0.6 is 0 Å². The van der Waals surface area contributed by atoms with Crippen LogP contribution in [0.4, 0.5) is 0 Å². The Bertz CT molecular complexity index is 884. The maximum Gasteiger partial charge on any atom is 0.352 e. The summed E-state index contributed by atoms with van der Waals surface area (Å²) in [5.74, 6) is 0.304. The van der Waals surface area contributed by atoms with Gasteiger partial charge in [0.2, 0.25) is 11.7 Å². The molecule has 0 fully saturated rings. The smallest absolute Gasteiger partial charge is 0.352 e. The molecule has 0 atom stereocenters. The van der Waals surface area contributed by atoms with Crippen molar-refractivity contribution >= 4 is 22.7 Å². The molecule has 0 aliphatic heterocycles. The topological polar surface area (TPSA) is 73.3 Å². The van der Waals surface area contributed by atoms with E-state index in [1.165, 1.54) is 9.08 Å². The first-order valence-electron chi connectivity index (χ1n) is 6.81. The lowest BCUT2D eigenvalue weighted by Gasteiger charge is -2.07. The zero-order valence-electron chi connectivity index (χ0n) is 12.2. The molecule has 2 heterocycles. The molecular weight excluding hydrogens is 270 g/mol. The second kappa shape index (κ2) is 4.76. The van der Waals surface area contributed by atoms with E-state index in [1.54, 1.807) is 0 Å². The Morgan fingerprint density at radius 2 is 1.95 bits per heavy atom. The molecule has 1 N–H and O–H groups in total. The minimum Gasteiger partial charge on any atom is -0.352 e. The standard InChI is InChI=1S/C14H17N5O2/c1-9(2)15-12(20)8-18-14(21)19-11-7-5-4-6-10(11)17(3)13(19)16-18/h4-7,9H,8H2,1-3H3,(H,15,20). The molecule has 3 rings (SSSR count). The molecule has 21 heavy (non-hydrogen) atoms. The predicted octanol–water partition coefficient (Wildman–Crippen LogP) is 0.512. The lowest BCUT2D eigenvalue weighted by molar-refractivity contribution is -0.122. The van der Waals surface area contributed by atoms with E-state index < -0.39 is 0 Å². The molecule has 1 amide bonds. The number of imidazole rings is 1. The summed E-state index contributed by atoms with van der Waals surface area (Å²) in [4.78, 5) is 24.2. The van der Waals surface area contributed by atoms with Crippen molar-refractivity contribution in [1.29, 1.82) is 0 Å². The van der Waals surface area contributed by atoms with Crippen molar-refractivity contribution < 1.29 is 4.79 Å². The van der Waals surface area contributed by atoms with E-state index in [0.717, 1.165) is 11.0 Å². The Morgan fingerprint density at radius 1 is 1.29 bits per heavy atom. The van der Waals surface area contributed by atoms with Crippen molar-refractivity contribution in [3.8, 4) is 0 Å². The first-order chi connectivity index (χ1) is 9.99. The van der Waals surface area contributed by atoms with E-state index in [-0.39, 0.29) is 24.2 Å². The molecule has 110 valence electrons. The molecule has 3 aromatic rings. The largest absolute Gasteiger partial charge is 0.352 e. The average molecular weight is 287 g/mol. The van der Waals surface area contributed by atoms with Crippen molar-refractivity contribution in [3.05, 3.63) is 34.7 Å². The number of fused-ring (bicyclic) bond motifs is 3. The molecule has 0 radical (unpaired) electrons. The molecule has 0 bridgehead atoms. The monoisotopic (exact) mass is 287 g/mol. The van der Waals surface area contributed by atoms with Crippen molar-refractivity contribution in [2.75, 3.05) is 0 Å². The highest BCUT2D eigenvalue weighted by atomic mass is 16.2. The number of amides is 1. The normalized spacial score (nSPS) is 11.6. The Hall–Kier alpha value is -2.57. The highest BCUT2D eigenvalue weighted by Crippen LogP contribution is 2.16. The zero-order valence-corrected chi connectivity index (χ0v) is 12.2. The number of aryl methyl sites for hydroxylation is 1. The lowest BCUT2D eigenvalue weighted by atomic mass is 10.3. The number of carbonyl (C=O) groups excluding carboxylic acids is 1. The summed E-state index contributed by atoms with van der Waals surface area (Å²) in [7, 11) is 1.85. The second-order valence-electron chi connectivity index (χ2n) is 5.35. The first-order valence-corrected chi connectivity index (χ1v) is 6.81. The van der Waals surface area contributed by atoms with Gasteiger partial charge in [0.25, 0.3) is 0 Å². The van der Waals surface area contributed by atoms with E-state index in [2.05, 4.69) is 10.4 Å². The molecule has 0 unspecified atom stereocenters. The van der Waals surface area contributed by atoms with Gasteiger partial charge >= 0.3 is 5.69 Å². The Morgan fingerprint density at radius 3 is 2.62 bits per heavy atom. The van der Waals surface area contributed by atoms with Crippen molar-refractivity contribution in [2.45, 2.75) is 26.4 Å². The van der Waals surface area contributed by atoms with Crippen LogP contribution in [-0.4, -0.2) is 30.7 Å². The van der Waals surface area contributed by atoms with Gasteiger partial charge in [-0.15, -0.1) is 5.10 Å². The summed E-state index contributed by atoms with van der Waals surface area (Å²) in [5.41, 5.74) is 1.41. The van der Waals surface area contributed by atoms with Gasteiger partial charge in [-0.05, 0) is 26.0 Å². The van der Waals surface area contributed by atoms with Gasteiger partial charge in [-0.25, -0.2) is 13.9 Å². The van der Waals surface area contributed by atoms with E-state index in [0.29, 0.717) is 5.78 Å². The SMILES string of the molecule is CC(C)NC(=O)Cn1nc2n(C)c3ccccc3n2c1=O. The molecule has 0 saturated carbocycles. The van der Waals surface area contributed by atoms with Crippen LogP contribution in [0.2, 0.25) is 0 Å². The van der Waals surface area contributed by atoms with Crippen LogP contribution < -0.4 is 11.0 Å². The summed E-state index contributed by atoms with van der Waals surface area (Å²) >= 11 is 0. The van der Waals surface area contributed by atoms with Crippen LogP contribution in [0.25, 0.3) is 16.8 Å². The molecule has 7 heteroatoms. The van der Waals surface area contributed by atoms with Gasteiger partial charge in [-0.2, -0.15) is 0 Å². The van der Waals surface area contributed by atoms with Gasteiger partial charge in [-0.3, -0.25) is 4.79 Å². The van der Waals surface area contributed by atoms with Crippen LogP contribution in [-0.2, 0) is 18.4 Å².